The zero-order valence-corrected chi connectivity index (χ0v) is 17.8. The van der Waals surface area contributed by atoms with Crippen LogP contribution in [0.3, 0.4) is 0 Å². The average Bonchev–Trinajstić information content (AvgIpc) is 3.20. The summed E-state index contributed by atoms with van der Waals surface area (Å²) in [7, 11) is 0. The summed E-state index contributed by atoms with van der Waals surface area (Å²) in [6.45, 7) is 4.12. The molecule has 162 valence electrons. The number of hydrazine groups is 1. The van der Waals surface area contributed by atoms with Gasteiger partial charge in [0, 0.05) is 5.56 Å². The highest BCUT2D eigenvalue weighted by atomic mass is 16.6. The van der Waals surface area contributed by atoms with Gasteiger partial charge < -0.3 is 4.74 Å². The molecule has 1 heterocycles. The van der Waals surface area contributed by atoms with Gasteiger partial charge in [0.05, 0.1) is 12.1 Å². The van der Waals surface area contributed by atoms with Crippen LogP contribution in [0.25, 0.3) is 0 Å². The molecule has 2 amide bonds. The molecule has 32 heavy (non-hydrogen) atoms. The van der Waals surface area contributed by atoms with E-state index in [1.165, 1.54) is 5.01 Å². The maximum absolute atomic E-state index is 13.8. The van der Waals surface area contributed by atoms with Gasteiger partial charge in [0.1, 0.15) is 6.61 Å². The molecule has 3 aromatic rings. The molecule has 0 radical (unpaired) electrons. The van der Waals surface area contributed by atoms with E-state index in [1.54, 1.807) is 23.2 Å². The van der Waals surface area contributed by atoms with E-state index in [1.807, 2.05) is 78.9 Å². The van der Waals surface area contributed by atoms with Crippen LogP contribution < -0.4 is 0 Å². The van der Waals surface area contributed by atoms with Gasteiger partial charge in [-0.15, -0.1) is 6.58 Å². The van der Waals surface area contributed by atoms with Crippen LogP contribution in [-0.2, 0) is 11.2 Å². The van der Waals surface area contributed by atoms with Gasteiger partial charge in [-0.05, 0) is 36.1 Å². The average molecular weight is 427 g/mol. The Morgan fingerprint density at radius 2 is 1.59 bits per heavy atom. The van der Waals surface area contributed by atoms with Crippen LogP contribution in [0.4, 0.5) is 4.79 Å². The molecule has 0 N–H and O–H groups in total. The zero-order chi connectivity index (χ0) is 22.3. The lowest BCUT2D eigenvalue weighted by atomic mass is 10.0. The molecule has 1 fully saturated rings. The normalized spacial score (nSPS) is 16.3. The second kappa shape index (κ2) is 9.96. The minimum atomic E-state index is -0.514. The quantitative estimate of drug-likeness (QED) is 0.452. The molecule has 1 saturated heterocycles. The molecular weight excluding hydrogens is 400 g/mol. The lowest BCUT2D eigenvalue weighted by Gasteiger charge is -2.39. The predicted octanol–water partition coefficient (Wildman–Crippen LogP) is 5.42. The van der Waals surface area contributed by atoms with Crippen LogP contribution in [0.2, 0.25) is 0 Å². The van der Waals surface area contributed by atoms with E-state index >= 15 is 0 Å². The molecule has 1 aliphatic heterocycles. The van der Waals surface area contributed by atoms with Crippen molar-refractivity contribution in [3.8, 4) is 0 Å². The highest BCUT2D eigenvalue weighted by Gasteiger charge is 2.43. The van der Waals surface area contributed by atoms with E-state index in [4.69, 9.17) is 4.74 Å². The van der Waals surface area contributed by atoms with Gasteiger partial charge in [-0.3, -0.25) is 4.79 Å². The van der Waals surface area contributed by atoms with E-state index in [9.17, 15) is 9.59 Å². The van der Waals surface area contributed by atoms with Crippen molar-refractivity contribution in [1.29, 1.82) is 0 Å². The lowest BCUT2D eigenvalue weighted by Crippen LogP contribution is -2.53. The monoisotopic (exact) mass is 426 g/mol. The number of hydrogen-bond acceptors (Lipinski definition) is 3. The van der Waals surface area contributed by atoms with E-state index in [0.29, 0.717) is 18.4 Å². The highest BCUT2D eigenvalue weighted by Crippen LogP contribution is 2.32. The Labute approximate surface area is 188 Å². The van der Waals surface area contributed by atoms with Crippen molar-refractivity contribution in [1.82, 2.24) is 10.0 Å². The summed E-state index contributed by atoms with van der Waals surface area (Å²) in [5, 5.41) is 3.07. The van der Waals surface area contributed by atoms with Crippen molar-refractivity contribution >= 4 is 12.0 Å². The van der Waals surface area contributed by atoms with Gasteiger partial charge in [0.2, 0.25) is 0 Å². The number of rotatable bonds is 8. The van der Waals surface area contributed by atoms with Crippen molar-refractivity contribution in [3.63, 3.8) is 0 Å². The third kappa shape index (κ3) is 4.57. The Balaban J connectivity index is 1.77. The summed E-state index contributed by atoms with van der Waals surface area (Å²) >= 11 is 0. The Morgan fingerprint density at radius 1 is 1.00 bits per heavy atom. The van der Waals surface area contributed by atoms with E-state index < -0.39 is 12.1 Å². The SMILES string of the molecule is C=CC[C@@H](c1ccccc1)N(C(=O)c1ccccc1)N1C(=O)OC[C@@H]1Cc1ccccc1. The van der Waals surface area contributed by atoms with Gasteiger partial charge in [0.15, 0.2) is 0 Å². The van der Waals surface area contributed by atoms with E-state index in [0.717, 1.165) is 11.1 Å². The minimum absolute atomic E-state index is 0.224. The van der Waals surface area contributed by atoms with E-state index in [-0.39, 0.29) is 18.6 Å². The molecule has 3 aromatic carbocycles. The highest BCUT2D eigenvalue weighted by molar-refractivity contribution is 5.95. The first-order chi connectivity index (χ1) is 15.7. The fraction of sp³-hybridized carbons (Fsp3) is 0.185. The molecule has 1 aliphatic rings. The van der Waals surface area contributed by atoms with Gasteiger partial charge in [-0.1, -0.05) is 84.9 Å². The predicted molar refractivity (Wildman–Crippen MR) is 124 cm³/mol. The second-order valence-corrected chi connectivity index (χ2v) is 7.73. The summed E-state index contributed by atoms with van der Waals surface area (Å²) in [6, 6.07) is 28.0. The summed E-state index contributed by atoms with van der Waals surface area (Å²) in [5.74, 6) is -0.252. The molecule has 0 unspecified atom stereocenters. The van der Waals surface area contributed by atoms with Crippen LogP contribution in [0.5, 0.6) is 0 Å². The second-order valence-electron chi connectivity index (χ2n) is 7.73. The Morgan fingerprint density at radius 3 is 2.22 bits per heavy atom. The molecule has 2 atom stereocenters. The van der Waals surface area contributed by atoms with Crippen molar-refractivity contribution in [2.45, 2.75) is 24.9 Å². The van der Waals surface area contributed by atoms with Gasteiger partial charge in [-0.25, -0.2) is 14.8 Å². The number of carbonyl (C=O) groups is 2. The summed E-state index contributed by atoms with van der Waals surface area (Å²) in [5.41, 5.74) is 2.51. The Bertz CT molecular complexity index is 1050. The molecule has 5 heteroatoms. The Kier molecular flexibility index (Phi) is 6.66. The molecule has 0 spiro atoms. The molecule has 0 bridgehead atoms. The van der Waals surface area contributed by atoms with Crippen LogP contribution >= 0.6 is 0 Å². The standard InChI is InChI=1S/C27H26N2O3/c1-2-12-25(22-15-8-4-9-16-22)29(26(30)23-17-10-5-11-18-23)28-24(20-32-27(28)31)19-21-13-6-3-7-14-21/h2-11,13-18,24-25H,1,12,19-20H2/t24-,25-/m0/s1. The summed E-state index contributed by atoms with van der Waals surface area (Å²) in [4.78, 5) is 26.8. The molecule has 0 aromatic heterocycles. The molecule has 0 saturated carbocycles. The van der Waals surface area contributed by atoms with Crippen LogP contribution in [-0.4, -0.2) is 34.7 Å². The zero-order valence-electron chi connectivity index (χ0n) is 17.8. The third-order valence-electron chi connectivity index (χ3n) is 5.58. The largest absolute Gasteiger partial charge is 0.446 e. The Hall–Kier alpha value is -3.86. The van der Waals surface area contributed by atoms with Gasteiger partial charge >= 0.3 is 6.09 Å². The van der Waals surface area contributed by atoms with Gasteiger partial charge in [0.25, 0.3) is 5.91 Å². The lowest BCUT2D eigenvalue weighted by molar-refractivity contribution is -0.0206. The van der Waals surface area contributed by atoms with Crippen molar-refractivity contribution < 1.29 is 14.3 Å². The van der Waals surface area contributed by atoms with Gasteiger partial charge in [-0.2, -0.15) is 0 Å². The fourth-order valence-corrected chi connectivity index (χ4v) is 4.06. The number of carbonyl (C=O) groups excluding carboxylic acids is 2. The molecular formula is C27H26N2O3. The number of amides is 2. The topological polar surface area (TPSA) is 49.9 Å². The smallest absolute Gasteiger partial charge is 0.429 e. The molecule has 5 nitrogen and oxygen atoms in total. The minimum Gasteiger partial charge on any atom is -0.446 e. The first-order valence-electron chi connectivity index (χ1n) is 10.7. The number of nitrogens with zero attached hydrogens (tertiary/aromatic N) is 2. The first kappa shape index (κ1) is 21.4. The summed E-state index contributed by atoms with van der Waals surface area (Å²) in [6.07, 6.45) is 2.34. The molecule has 4 rings (SSSR count). The molecule has 0 aliphatic carbocycles. The first-order valence-corrected chi connectivity index (χ1v) is 10.7. The van der Waals surface area contributed by atoms with Crippen molar-refractivity contribution in [2.75, 3.05) is 6.61 Å². The summed E-state index contributed by atoms with van der Waals surface area (Å²) < 4.78 is 5.45. The number of benzene rings is 3. The number of hydrogen-bond donors (Lipinski definition) is 0. The maximum Gasteiger partial charge on any atom is 0.429 e. The maximum atomic E-state index is 13.8. The number of ether oxygens (including phenoxy) is 1. The van der Waals surface area contributed by atoms with Crippen LogP contribution in [0.1, 0.15) is 33.9 Å². The van der Waals surface area contributed by atoms with Crippen LogP contribution in [0, 0.1) is 0 Å². The van der Waals surface area contributed by atoms with Crippen molar-refractivity contribution in [3.05, 3.63) is 120 Å². The van der Waals surface area contributed by atoms with E-state index in [2.05, 4.69) is 6.58 Å². The number of cyclic esters (lactones) is 1. The van der Waals surface area contributed by atoms with Crippen LogP contribution in [0.15, 0.2) is 104 Å². The third-order valence-corrected chi connectivity index (χ3v) is 5.58. The van der Waals surface area contributed by atoms with Crippen molar-refractivity contribution in [2.24, 2.45) is 0 Å². The fourth-order valence-electron chi connectivity index (χ4n) is 4.06.